The molecule has 3 aromatic rings. The number of methoxy groups -OCH3 is 1. The van der Waals surface area contributed by atoms with Crippen LogP contribution in [0.1, 0.15) is 30.1 Å². The number of aromatic nitrogens is 2. The maximum Gasteiger partial charge on any atom is 0.193 e. The lowest BCUT2D eigenvalue weighted by Crippen LogP contribution is -2.42. The lowest BCUT2D eigenvalue weighted by atomic mass is 10.1. The molecule has 1 aliphatic rings. The second-order valence-electron chi connectivity index (χ2n) is 7.16. The summed E-state index contributed by atoms with van der Waals surface area (Å²) < 4.78 is 7.36. The van der Waals surface area contributed by atoms with Gasteiger partial charge in [0.1, 0.15) is 5.75 Å². The van der Waals surface area contributed by atoms with Crippen molar-refractivity contribution in [2.24, 2.45) is 4.99 Å². The minimum Gasteiger partial charge on any atom is -0.497 e. The monoisotopic (exact) mass is 540 g/mol. The fraction of sp³-hybridized carbons (Fsp3) is 0.429. The van der Waals surface area contributed by atoms with Gasteiger partial charge >= 0.3 is 0 Å². The maximum atomic E-state index is 5.31. The highest BCUT2D eigenvalue weighted by Gasteiger charge is 2.23. The maximum absolute atomic E-state index is 5.31. The van der Waals surface area contributed by atoms with Gasteiger partial charge in [-0.1, -0.05) is 12.1 Å². The number of nitrogens with zero attached hydrogens (tertiary/aromatic N) is 4. The van der Waals surface area contributed by atoms with Gasteiger partial charge in [0, 0.05) is 31.4 Å². The van der Waals surface area contributed by atoms with E-state index in [-0.39, 0.29) is 24.0 Å². The Kier molecular flexibility index (Phi) is 8.34. The smallest absolute Gasteiger partial charge is 0.193 e. The third kappa shape index (κ3) is 5.44. The van der Waals surface area contributed by atoms with Gasteiger partial charge in [-0.25, -0.2) is 4.98 Å². The van der Waals surface area contributed by atoms with Crippen molar-refractivity contribution in [2.45, 2.75) is 25.4 Å². The largest absolute Gasteiger partial charge is 0.497 e. The topological polar surface area (TPSA) is 66.2 Å². The normalized spacial score (nSPS) is 15.7. The number of rotatable bonds is 7. The summed E-state index contributed by atoms with van der Waals surface area (Å²) in [6.07, 6.45) is 6.60. The van der Waals surface area contributed by atoms with E-state index in [1.54, 1.807) is 25.5 Å². The average molecular weight is 540 g/mol. The van der Waals surface area contributed by atoms with Gasteiger partial charge in [-0.15, -0.1) is 35.3 Å². The summed E-state index contributed by atoms with van der Waals surface area (Å²) in [5.74, 6) is 1.68. The molecule has 1 atom stereocenters. The van der Waals surface area contributed by atoms with E-state index in [2.05, 4.69) is 43.8 Å². The molecule has 7 nitrogen and oxygen atoms in total. The molecule has 0 radical (unpaired) electrons. The third-order valence-electron chi connectivity index (χ3n) is 5.35. The minimum absolute atomic E-state index is 0. The second-order valence-corrected chi connectivity index (χ2v) is 8.04. The molecule has 1 aromatic carbocycles. The predicted octanol–water partition coefficient (Wildman–Crippen LogP) is 3.52. The molecule has 0 spiro atoms. The number of thiazole rings is 1. The van der Waals surface area contributed by atoms with E-state index in [0.717, 1.165) is 42.0 Å². The first-order valence-corrected chi connectivity index (χ1v) is 10.9. The Balaban J connectivity index is 0.00000256. The van der Waals surface area contributed by atoms with Gasteiger partial charge in [-0.3, -0.25) is 14.3 Å². The fourth-order valence-corrected chi connectivity index (χ4v) is 4.51. The molecule has 1 aliphatic heterocycles. The van der Waals surface area contributed by atoms with Crippen molar-refractivity contribution >= 4 is 46.2 Å². The van der Waals surface area contributed by atoms with Crippen LogP contribution in [0.2, 0.25) is 0 Å². The second kappa shape index (κ2) is 11.0. The van der Waals surface area contributed by atoms with Crippen molar-refractivity contribution in [2.75, 3.05) is 33.8 Å². The van der Waals surface area contributed by atoms with E-state index in [4.69, 9.17) is 4.74 Å². The van der Waals surface area contributed by atoms with Crippen molar-refractivity contribution in [1.29, 1.82) is 0 Å². The molecule has 1 unspecified atom stereocenters. The summed E-state index contributed by atoms with van der Waals surface area (Å²) in [5, 5.41) is 8.93. The van der Waals surface area contributed by atoms with E-state index in [9.17, 15) is 0 Å². The van der Waals surface area contributed by atoms with E-state index in [1.807, 2.05) is 28.1 Å². The molecule has 1 saturated heterocycles. The van der Waals surface area contributed by atoms with Gasteiger partial charge in [-0.2, -0.15) is 0 Å². The molecule has 0 aliphatic carbocycles. The number of benzene rings is 1. The van der Waals surface area contributed by atoms with Gasteiger partial charge in [0.2, 0.25) is 0 Å². The van der Waals surface area contributed by atoms with Crippen molar-refractivity contribution in [1.82, 2.24) is 24.9 Å². The first-order valence-electron chi connectivity index (χ1n) is 10.0. The van der Waals surface area contributed by atoms with Crippen LogP contribution in [-0.4, -0.2) is 54.0 Å². The zero-order chi connectivity index (χ0) is 20.1. The molecule has 0 amide bonds. The highest BCUT2D eigenvalue weighted by atomic mass is 127. The molecule has 4 rings (SSSR count). The lowest BCUT2D eigenvalue weighted by Gasteiger charge is -2.29. The first kappa shape index (κ1) is 22.8. The molecule has 0 bridgehead atoms. The van der Waals surface area contributed by atoms with Crippen molar-refractivity contribution in [3.05, 3.63) is 53.3 Å². The molecule has 0 saturated carbocycles. The van der Waals surface area contributed by atoms with E-state index >= 15 is 0 Å². The molecular formula is C21H29IN6OS. The number of likely N-dealkylation sites (tertiary alicyclic amines) is 1. The Morgan fingerprint density at radius 3 is 2.67 bits per heavy atom. The third-order valence-corrected chi connectivity index (χ3v) is 6.12. The summed E-state index contributed by atoms with van der Waals surface area (Å²) in [7, 11) is 3.51. The number of halogens is 1. The van der Waals surface area contributed by atoms with Crippen LogP contribution in [0, 0.1) is 0 Å². The number of hydrogen-bond acceptors (Lipinski definition) is 5. The number of guanidine groups is 1. The van der Waals surface area contributed by atoms with Crippen LogP contribution in [0.25, 0.3) is 4.96 Å². The van der Waals surface area contributed by atoms with Crippen LogP contribution in [0.4, 0.5) is 0 Å². The van der Waals surface area contributed by atoms with Crippen LogP contribution >= 0.6 is 35.3 Å². The molecular weight excluding hydrogens is 511 g/mol. The molecule has 30 heavy (non-hydrogen) atoms. The molecule has 9 heteroatoms. The Hall–Kier alpha value is -1.85. The van der Waals surface area contributed by atoms with Gasteiger partial charge in [-0.05, 0) is 43.6 Å². The van der Waals surface area contributed by atoms with Crippen LogP contribution in [0.3, 0.4) is 0 Å². The number of ether oxygens (including phenoxy) is 1. The first-order chi connectivity index (χ1) is 14.3. The Labute approximate surface area is 198 Å². The number of fused-ring (bicyclic) bond motifs is 1. The summed E-state index contributed by atoms with van der Waals surface area (Å²) in [6.45, 7) is 3.71. The van der Waals surface area contributed by atoms with Crippen LogP contribution in [0.5, 0.6) is 5.75 Å². The number of imidazole rings is 1. The van der Waals surface area contributed by atoms with E-state index in [0.29, 0.717) is 12.6 Å². The summed E-state index contributed by atoms with van der Waals surface area (Å²) >= 11 is 1.64. The van der Waals surface area contributed by atoms with Gasteiger partial charge in [0.15, 0.2) is 10.9 Å². The number of hydrogen-bond donors (Lipinski definition) is 2. The Bertz CT molecular complexity index is 919. The Morgan fingerprint density at radius 1 is 1.23 bits per heavy atom. The van der Waals surface area contributed by atoms with Crippen molar-refractivity contribution in [3.63, 3.8) is 0 Å². The zero-order valence-corrected chi connectivity index (χ0v) is 20.5. The van der Waals surface area contributed by atoms with Gasteiger partial charge < -0.3 is 15.4 Å². The van der Waals surface area contributed by atoms with Crippen molar-refractivity contribution in [3.8, 4) is 5.75 Å². The quantitative estimate of drug-likeness (QED) is 0.273. The lowest BCUT2D eigenvalue weighted by molar-refractivity contribution is 0.245. The van der Waals surface area contributed by atoms with Crippen molar-refractivity contribution < 1.29 is 4.74 Å². The summed E-state index contributed by atoms with van der Waals surface area (Å²) in [5.41, 5.74) is 2.30. The molecule has 1 fully saturated rings. The van der Waals surface area contributed by atoms with Crippen LogP contribution in [0.15, 0.2) is 47.0 Å². The molecule has 2 N–H and O–H groups in total. The average Bonchev–Trinajstić information content (AvgIpc) is 3.49. The van der Waals surface area contributed by atoms with Gasteiger partial charge in [0.05, 0.1) is 25.4 Å². The minimum atomic E-state index is 0. The van der Waals surface area contributed by atoms with E-state index < -0.39 is 0 Å². The number of nitrogens with one attached hydrogen (secondary N) is 2. The Morgan fingerprint density at radius 2 is 2.00 bits per heavy atom. The fourth-order valence-electron chi connectivity index (χ4n) is 3.79. The van der Waals surface area contributed by atoms with E-state index in [1.165, 1.54) is 18.4 Å². The summed E-state index contributed by atoms with van der Waals surface area (Å²) in [4.78, 5) is 12.6. The predicted molar refractivity (Wildman–Crippen MR) is 133 cm³/mol. The highest BCUT2D eigenvalue weighted by molar-refractivity contribution is 14.0. The van der Waals surface area contributed by atoms with Crippen LogP contribution in [-0.2, 0) is 6.54 Å². The standard InChI is InChI=1S/C21H28N6OS.HI/c1-22-20(23-13-17-15-27-11-12-29-21(27)25-17)24-14-19(26-9-3-4-10-26)16-5-7-18(28-2)8-6-16;/h5-8,11-12,15,19H,3-4,9-10,13-14H2,1-2H3,(H2,22,23,24);1H. The molecule has 162 valence electrons. The zero-order valence-electron chi connectivity index (χ0n) is 17.4. The van der Waals surface area contributed by atoms with Crippen LogP contribution < -0.4 is 15.4 Å². The van der Waals surface area contributed by atoms with Gasteiger partial charge in [0.25, 0.3) is 0 Å². The SMILES string of the molecule is CN=C(NCc1cn2ccsc2n1)NCC(c1ccc(OC)cc1)N1CCCC1.I. The molecule has 2 aromatic heterocycles. The summed E-state index contributed by atoms with van der Waals surface area (Å²) in [6, 6.07) is 8.71. The highest BCUT2D eigenvalue weighted by Crippen LogP contribution is 2.26. The number of aliphatic imine (C=N–C) groups is 1. The molecule has 3 heterocycles.